The molecule has 1 atom stereocenters. The van der Waals surface area contributed by atoms with Gasteiger partial charge in [0.2, 0.25) is 0 Å². The molecule has 2 nitrogen and oxygen atoms in total. The van der Waals surface area contributed by atoms with Crippen LogP contribution in [0.2, 0.25) is 0 Å². The molecule has 2 aromatic rings. The second-order valence-corrected chi connectivity index (χ2v) is 4.00. The van der Waals surface area contributed by atoms with Crippen molar-refractivity contribution < 1.29 is 13.5 Å². The Bertz CT molecular complexity index is 557. The summed E-state index contributed by atoms with van der Waals surface area (Å²) in [4.78, 5) is 0. The van der Waals surface area contributed by atoms with Gasteiger partial charge in [-0.15, -0.1) is 0 Å². The highest BCUT2D eigenvalue weighted by Crippen LogP contribution is 2.24. The van der Waals surface area contributed by atoms with Crippen molar-refractivity contribution in [3.05, 3.63) is 59.7 Å². The van der Waals surface area contributed by atoms with Crippen LogP contribution in [0.4, 0.5) is 14.5 Å². The van der Waals surface area contributed by atoms with Gasteiger partial charge in [0.15, 0.2) is 0 Å². The predicted octanol–water partition coefficient (Wildman–Crippen LogP) is 3.69. The number of benzene rings is 2. The van der Waals surface area contributed by atoms with E-state index in [1.807, 2.05) is 0 Å². The molecular formula is C14H13F2NO. The van der Waals surface area contributed by atoms with Gasteiger partial charge < -0.3 is 10.5 Å². The van der Waals surface area contributed by atoms with Gasteiger partial charge in [0.25, 0.3) is 0 Å². The fraction of sp³-hybridized carbons (Fsp3) is 0.143. The topological polar surface area (TPSA) is 35.2 Å². The Morgan fingerprint density at radius 1 is 1.11 bits per heavy atom. The molecule has 94 valence electrons. The minimum Gasteiger partial charge on any atom is -0.486 e. The number of hydrogen-bond acceptors (Lipinski definition) is 2. The van der Waals surface area contributed by atoms with Gasteiger partial charge >= 0.3 is 0 Å². The summed E-state index contributed by atoms with van der Waals surface area (Å²) in [6.07, 6.45) is -0.342. The van der Waals surface area contributed by atoms with Crippen LogP contribution in [-0.4, -0.2) is 0 Å². The predicted molar refractivity (Wildman–Crippen MR) is 66.3 cm³/mol. The van der Waals surface area contributed by atoms with Crippen LogP contribution < -0.4 is 10.5 Å². The molecule has 0 spiro atoms. The number of nitrogen functional groups attached to an aromatic ring is 1. The highest BCUT2D eigenvalue weighted by atomic mass is 19.1. The third-order valence-electron chi connectivity index (χ3n) is 2.60. The van der Waals surface area contributed by atoms with Crippen LogP contribution in [0.25, 0.3) is 0 Å². The van der Waals surface area contributed by atoms with Crippen LogP contribution in [0.15, 0.2) is 42.5 Å². The van der Waals surface area contributed by atoms with Gasteiger partial charge in [-0.1, -0.05) is 12.1 Å². The van der Waals surface area contributed by atoms with Gasteiger partial charge in [-0.05, 0) is 36.8 Å². The Labute approximate surface area is 104 Å². The molecule has 0 saturated heterocycles. The van der Waals surface area contributed by atoms with Gasteiger partial charge in [0, 0.05) is 6.07 Å². The first-order valence-electron chi connectivity index (χ1n) is 5.53. The van der Waals surface area contributed by atoms with Gasteiger partial charge in [-0.3, -0.25) is 0 Å². The van der Waals surface area contributed by atoms with E-state index in [2.05, 4.69) is 0 Å². The molecule has 0 aliphatic carbocycles. The van der Waals surface area contributed by atoms with Crippen LogP contribution in [0, 0.1) is 11.6 Å². The summed E-state index contributed by atoms with van der Waals surface area (Å²) >= 11 is 0. The van der Waals surface area contributed by atoms with Gasteiger partial charge in [0.05, 0.1) is 5.69 Å². The number of nitrogens with two attached hydrogens (primary N) is 1. The zero-order valence-corrected chi connectivity index (χ0v) is 9.86. The highest BCUT2D eigenvalue weighted by molar-refractivity contribution is 5.45. The van der Waals surface area contributed by atoms with Crippen molar-refractivity contribution in [3.8, 4) is 5.75 Å². The van der Waals surface area contributed by atoms with Gasteiger partial charge in [-0.2, -0.15) is 0 Å². The Balaban J connectivity index is 2.16. The summed E-state index contributed by atoms with van der Waals surface area (Å²) in [6, 6.07) is 10.3. The number of anilines is 1. The van der Waals surface area contributed by atoms with E-state index in [0.717, 1.165) is 0 Å². The lowest BCUT2D eigenvalue weighted by Crippen LogP contribution is -2.04. The van der Waals surface area contributed by atoms with E-state index in [1.165, 1.54) is 30.3 Å². The van der Waals surface area contributed by atoms with Crippen LogP contribution in [0.5, 0.6) is 5.75 Å². The van der Waals surface area contributed by atoms with E-state index in [4.69, 9.17) is 10.5 Å². The van der Waals surface area contributed by atoms with Crippen molar-refractivity contribution in [2.75, 3.05) is 5.73 Å². The average molecular weight is 249 g/mol. The number of halogens is 2. The summed E-state index contributed by atoms with van der Waals surface area (Å²) in [6.45, 7) is 1.79. The van der Waals surface area contributed by atoms with Crippen molar-refractivity contribution in [3.63, 3.8) is 0 Å². The lowest BCUT2D eigenvalue weighted by Gasteiger charge is -2.15. The molecule has 2 N–H and O–H groups in total. The average Bonchev–Trinajstić information content (AvgIpc) is 2.34. The third kappa shape index (κ3) is 2.77. The number of hydrogen-bond donors (Lipinski definition) is 1. The summed E-state index contributed by atoms with van der Waals surface area (Å²) in [5.74, 6) is -0.354. The fourth-order valence-corrected chi connectivity index (χ4v) is 1.63. The number of rotatable bonds is 3. The lowest BCUT2D eigenvalue weighted by molar-refractivity contribution is 0.226. The standard InChI is InChI=1S/C14H13F2NO/c1-9(10-3-2-4-11(15)7-10)18-12-5-6-13(16)14(17)8-12/h2-9H,17H2,1H3. The van der Waals surface area contributed by atoms with Crippen LogP contribution >= 0.6 is 0 Å². The van der Waals surface area contributed by atoms with E-state index in [1.54, 1.807) is 19.1 Å². The first-order chi connectivity index (χ1) is 8.56. The van der Waals surface area contributed by atoms with Crippen LogP contribution in [0.3, 0.4) is 0 Å². The molecule has 0 bridgehead atoms. The SMILES string of the molecule is CC(Oc1ccc(F)c(N)c1)c1cccc(F)c1. The first-order valence-corrected chi connectivity index (χ1v) is 5.53. The third-order valence-corrected chi connectivity index (χ3v) is 2.60. The van der Waals surface area contributed by atoms with E-state index in [9.17, 15) is 8.78 Å². The summed E-state index contributed by atoms with van der Waals surface area (Å²) in [5.41, 5.74) is 6.18. The van der Waals surface area contributed by atoms with E-state index >= 15 is 0 Å². The maximum Gasteiger partial charge on any atom is 0.146 e. The Hall–Kier alpha value is -2.10. The molecule has 0 aliphatic rings. The monoisotopic (exact) mass is 249 g/mol. The van der Waals surface area contributed by atoms with E-state index in [0.29, 0.717) is 11.3 Å². The van der Waals surface area contributed by atoms with Crippen molar-refractivity contribution in [1.82, 2.24) is 0 Å². The molecule has 0 saturated carbocycles. The summed E-state index contributed by atoms with van der Waals surface area (Å²) < 4.78 is 31.6. The first kappa shape index (κ1) is 12.4. The second-order valence-electron chi connectivity index (χ2n) is 4.00. The normalized spacial score (nSPS) is 12.2. The molecule has 0 amide bonds. The minimum absolute atomic E-state index is 0.0268. The minimum atomic E-state index is -0.485. The quantitative estimate of drug-likeness (QED) is 0.842. The molecule has 1 unspecified atom stereocenters. The van der Waals surface area contributed by atoms with Crippen LogP contribution in [0.1, 0.15) is 18.6 Å². The Morgan fingerprint density at radius 3 is 2.56 bits per heavy atom. The molecule has 0 aromatic heterocycles. The van der Waals surface area contributed by atoms with E-state index < -0.39 is 5.82 Å². The maximum absolute atomic E-state index is 13.1. The molecular weight excluding hydrogens is 236 g/mol. The lowest BCUT2D eigenvalue weighted by atomic mass is 10.1. The Morgan fingerprint density at radius 2 is 1.89 bits per heavy atom. The molecule has 2 rings (SSSR count). The summed E-state index contributed by atoms with van der Waals surface area (Å²) in [5, 5.41) is 0. The molecule has 2 aromatic carbocycles. The zero-order valence-electron chi connectivity index (χ0n) is 9.86. The fourth-order valence-electron chi connectivity index (χ4n) is 1.63. The van der Waals surface area contributed by atoms with Crippen molar-refractivity contribution >= 4 is 5.69 Å². The smallest absolute Gasteiger partial charge is 0.146 e. The Kier molecular flexibility index (Phi) is 3.46. The second kappa shape index (κ2) is 5.04. The van der Waals surface area contributed by atoms with Crippen LogP contribution in [-0.2, 0) is 0 Å². The van der Waals surface area contributed by atoms with E-state index in [-0.39, 0.29) is 17.6 Å². The summed E-state index contributed by atoms with van der Waals surface area (Å²) in [7, 11) is 0. The molecule has 0 fully saturated rings. The molecule has 0 aliphatic heterocycles. The molecule has 0 radical (unpaired) electrons. The van der Waals surface area contributed by atoms with Crippen molar-refractivity contribution in [2.24, 2.45) is 0 Å². The zero-order chi connectivity index (χ0) is 13.1. The van der Waals surface area contributed by atoms with Crippen molar-refractivity contribution in [2.45, 2.75) is 13.0 Å². The van der Waals surface area contributed by atoms with Gasteiger partial charge in [-0.25, -0.2) is 8.78 Å². The largest absolute Gasteiger partial charge is 0.486 e. The maximum atomic E-state index is 13.1. The number of ether oxygens (including phenoxy) is 1. The van der Waals surface area contributed by atoms with Gasteiger partial charge in [0.1, 0.15) is 23.5 Å². The molecule has 18 heavy (non-hydrogen) atoms. The van der Waals surface area contributed by atoms with Crippen molar-refractivity contribution in [1.29, 1.82) is 0 Å². The molecule has 0 heterocycles. The molecule has 4 heteroatoms. The highest BCUT2D eigenvalue weighted by Gasteiger charge is 2.09.